The van der Waals surface area contributed by atoms with Gasteiger partial charge in [-0.3, -0.25) is 4.79 Å². The molecule has 0 aliphatic carbocycles. The highest BCUT2D eigenvalue weighted by molar-refractivity contribution is 5.82. The zero-order valence-corrected chi connectivity index (χ0v) is 12.5. The molecule has 7 heteroatoms. The molecule has 1 amide bonds. The lowest BCUT2D eigenvalue weighted by Crippen LogP contribution is -2.36. The van der Waals surface area contributed by atoms with Crippen molar-refractivity contribution < 1.29 is 28.1 Å². The van der Waals surface area contributed by atoms with E-state index >= 15 is 0 Å². The number of halogens is 1. The number of amides is 1. The van der Waals surface area contributed by atoms with Gasteiger partial charge in [0.25, 0.3) is 5.91 Å². The summed E-state index contributed by atoms with van der Waals surface area (Å²) in [5.41, 5.74) is 0.177. The lowest BCUT2D eigenvalue weighted by Gasteiger charge is -2.16. The summed E-state index contributed by atoms with van der Waals surface area (Å²) in [6.45, 7) is 0.0551. The molecule has 0 aliphatic heterocycles. The molecule has 118 valence electrons. The summed E-state index contributed by atoms with van der Waals surface area (Å²) in [7, 11) is 5.78. The molecule has 0 saturated carbocycles. The maximum absolute atomic E-state index is 14.1. The maximum atomic E-state index is 14.1. The van der Waals surface area contributed by atoms with Crippen LogP contribution in [0.4, 0.5) is 4.39 Å². The molecule has 0 spiro atoms. The van der Waals surface area contributed by atoms with Gasteiger partial charge in [-0.25, -0.2) is 4.39 Å². The first-order chi connectivity index (χ1) is 10.1. The van der Waals surface area contributed by atoms with E-state index in [1.54, 1.807) is 6.07 Å². The van der Waals surface area contributed by atoms with Crippen molar-refractivity contribution in [3.05, 3.63) is 23.8 Å². The molecule has 0 heterocycles. The average molecular weight is 301 g/mol. The Morgan fingerprint density at radius 1 is 1.14 bits per heavy atom. The predicted octanol–water partition coefficient (Wildman–Crippen LogP) is 1.45. The Morgan fingerprint density at radius 2 is 1.76 bits per heavy atom. The Balaban J connectivity index is 2.73. The fourth-order valence-corrected chi connectivity index (χ4v) is 1.70. The van der Waals surface area contributed by atoms with Gasteiger partial charge in [-0.1, -0.05) is 6.07 Å². The van der Waals surface area contributed by atoms with Crippen LogP contribution < -0.4 is 14.8 Å². The summed E-state index contributed by atoms with van der Waals surface area (Å²) in [5, 5.41) is 2.41. The number of hydrogen-bond acceptors (Lipinski definition) is 5. The molecule has 0 saturated heterocycles. The highest BCUT2D eigenvalue weighted by Crippen LogP contribution is 2.31. The first kappa shape index (κ1) is 17.2. The Hall–Kier alpha value is -1.86. The van der Waals surface area contributed by atoms with Crippen molar-refractivity contribution in [2.75, 3.05) is 35.0 Å². The standard InChI is InChI=1S/C14H20FNO5/c1-18-10-6-5-9(7-11(10)19-2)13(15)14(17)16-8-12(20-3)21-4/h5-7,12-13H,8H2,1-4H3,(H,16,17). The summed E-state index contributed by atoms with van der Waals surface area (Å²) in [4.78, 5) is 11.8. The summed E-state index contributed by atoms with van der Waals surface area (Å²) in [5.74, 6) is 0.0473. The monoisotopic (exact) mass is 301 g/mol. The van der Waals surface area contributed by atoms with Crippen molar-refractivity contribution in [2.45, 2.75) is 12.5 Å². The van der Waals surface area contributed by atoms with Crippen LogP contribution in [0.5, 0.6) is 11.5 Å². The Kier molecular flexibility index (Phi) is 6.90. The third-order valence-electron chi connectivity index (χ3n) is 2.90. The quantitative estimate of drug-likeness (QED) is 0.736. The first-order valence-corrected chi connectivity index (χ1v) is 6.26. The van der Waals surface area contributed by atoms with Crippen molar-refractivity contribution in [3.8, 4) is 11.5 Å². The molecule has 0 radical (unpaired) electrons. The minimum Gasteiger partial charge on any atom is -0.493 e. The van der Waals surface area contributed by atoms with Crippen molar-refractivity contribution >= 4 is 5.91 Å². The Labute approximate surface area is 123 Å². The van der Waals surface area contributed by atoms with Gasteiger partial charge in [-0.05, 0) is 17.7 Å². The number of carbonyl (C=O) groups excluding carboxylic acids is 1. The van der Waals surface area contributed by atoms with Crippen LogP contribution >= 0.6 is 0 Å². The number of benzene rings is 1. The van der Waals surface area contributed by atoms with Crippen LogP contribution in [-0.2, 0) is 14.3 Å². The van der Waals surface area contributed by atoms with Crippen molar-refractivity contribution in [3.63, 3.8) is 0 Å². The minimum atomic E-state index is -1.82. The van der Waals surface area contributed by atoms with Crippen LogP contribution in [0.1, 0.15) is 11.7 Å². The Bertz CT molecular complexity index is 465. The second-order valence-corrected chi connectivity index (χ2v) is 4.12. The molecule has 1 N–H and O–H groups in total. The van der Waals surface area contributed by atoms with E-state index in [2.05, 4.69) is 5.32 Å². The molecule has 0 fully saturated rings. The molecular weight excluding hydrogens is 281 g/mol. The van der Waals surface area contributed by atoms with E-state index in [1.165, 1.54) is 40.6 Å². The molecule has 0 aromatic heterocycles. The van der Waals surface area contributed by atoms with Crippen LogP contribution in [0.15, 0.2) is 18.2 Å². The third-order valence-corrected chi connectivity index (χ3v) is 2.90. The van der Waals surface area contributed by atoms with E-state index in [9.17, 15) is 9.18 Å². The molecule has 1 atom stereocenters. The van der Waals surface area contributed by atoms with E-state index in [0.29, 0.717) is 11.5 Å². The average Bonchev–Trinajstić information content (AvgIpc) is 2.54. The molecule has 21 heavy (non-hydrogen) atoms. The first-order valence-electron chi connectivity index (χ1n) is 6.26. The van der Waals surface area contributed by atoms with Crippen molar-refractivity contribution in [1.82, 2.24) is 5.32 Å². The van der Waals surface area contributed by atoms with Gasteiger partial charge in [-0.2, -0.15) is 0 Å². The number of methoxy groups -OCH3 is 4. The van der Waals surface area contributed by atoms with E-state index < -0.39 is 18.4 Å². The lowest BCUT2D eigenvalue weighted by atomic mass is 10.1. The minimum absolute atomic E-state index is 0.0551. The number of hydrogen-bond donors (Lipinski definition) is 1. The zero-order valence-electron chi connectivity index (χ0n) is 12.5. The molecule has 1 unspecified atom stereocenters. The van der Waals surface area contributed by atoms with Crippen LogP contribution in [0.3, 0.4) is 0 Å². The van der Waals surface area contributed by atoms with Crippen molar-refractivity contribution in [1.29, 1.82) is 0 Å². The van der Waals surface area contributed by atoms with Crippen LogP contribution in [0, 0.1) is 0 Å². The van der Waals surface area contributed by atoms with Gasteiger partial charge >= 0.3 is 0 Å². The number of carbonyl (C=O) groups is 1. The largest absolute Gasteiger partial charge is 0.493 e. The smallest absolute Gasteiger partial charge is 0.259 e. The van der Waals surface area contributed by atoms with Gasteiger partial charge in [0.1, 0.15) is 0 Å². The molecule has 1 aromatic carbocycles. The second kappa shape index (κ2) is 8.43. The molecule has 6 nitrogen and oxygen atoms in total. The number of nitrogens with one attached hydrogen (secondary N) is 1. The fraction of sp³-hybridized carbons (Fsp3) is 0.500. The molecule has 1 aromatic rings. The zero-order chi connectivity index (χ0) is 15.8. The normalized spacial score (nSPS) is 12.1. The topological polar surface area (TPSA) is 66.0 Å². The van der Waals surface area contributed by atoms with Gasteiger partial charge < -0.3 is 24.3 Å². The molecule has 0 bridgehead atoms. The van der Waals surface area contributed by atoms with Gasteiger partial charge in [0.05, 0.1) is 20.8 Å². The van der Waals surface area contributed by atoms with E-state index in [0.717, 1.165) is 0 Å². The van der Waals surface area contributed by atoms with Crippen LogP contribution in [0.25, 0.3) is 0 Å². The van der Waals surface area contributed by atoms with Crippen molar-refractivity contribution in [2.24, 2.45) is 0 Å². The second-order valence-electron chi connectivity index (χ2n) is 4.12. The summed E-state index contributed by atoms with van der Waals surface area (Å²) in [6.07, 6.45) is -2.44. The van der Waals surface area contributed by atoms with Crippen LogP contribution in [0.2, 0.25) is 0 Å². The summed E-state index contributed by atoms with van der Waals surface area (Å²) >= 11 is 0. The van der Waals surface area contributed by atoms with E-state index in [4.69, 9.17) is 18.9 Å². The summed E-state index contributed by atoms with van der Waals surface area (Å²) in [6, 6.07) is 4.43. The third kappa shape index (κ3) is 4.57. The Morgan fingerprint density at radius 3 is 2.29 bits per heavy atom. The lowest BCUT2D eigenvalue weighted by molar-refractivity contribution is -0.131. The van der Waals surface area contributed by atoms with Crippen LogP contribution in [-0.4, -0.2) is 47.2 Å². The predicted molar refractivity (Wildman–Crippen MR) is 74.2 cm³/mol. The molecule has 0 aliphatic rings. The molecule has 1 rings (SSSR count). The fourth-order valence-electron chi connectivity index (χ4n) is 1.70. The maximum Gasteiger partial charge on any atom is 0.259 e. The van der Waals surface area contributed by atoms with Gasteiger partial charge in [-0.15, -0.1) is 0 Å². The van der Waals surface area contributed by atoms with E-state index in [1.807, 2.05) is 0 Å². The number of alkyl halides is 1. The SMILES string of the molecule is COc1ccc(C(F)C(=O)NCC(OC)OC)cc1OC. The molecular formula is C14H20FNO5. The van der Waals surface area contributed by atoms with Gasteiger partial charge in [0, 0.05) is 14.2 Å². The summed E-state index contributed by atoms with van der Waals surface area (Å²) < 4.78 is 34.1. The van der Waals surface area contributed by atoms with Gasteiger partial charge in [0.2, 0.25) is 6.17 Å². The highest BCUT2D eigenvalue weighted by atomic mass is 19.1. The van der Waals surface area contributed by atoms with Gasteiger partial charge in [0.15, 0.2) is 17.8 Å². The number of rotatable bonds is 8. The number of ether oxygens (including phenoxy) is 4. The van der Waals surface area contributed by atoms with E-state index in [-0.39, 0.29) is 12.1 Å². The highest BCUT2D eigenvalue weighted by Gasteiger charge is 2.22.